The van der Waals surface area contributed by atoms with Crippen LogP contribution < -0.4 is 15.1 Å². The van der Waals surface area contributed by atoms with Crippen molar-refractivity contribution in [3.63, 3.8) is 0 Å². The van der Waals surface area contributed by atoms with Gasteiger partial charge >= 0.3 is 0 Å². The standard InChI is InChI=1S/C41H60OSi2/c1-16-23-42-37-35(43(14,15)41(11,12)13)24-28(4)25-36(37)44(17-2,18-3)38-31-21-19-29(39(5,6)7)26-33(31)34-27-30(40(8,9)10)20-22-32(34)38/h16,19-22,24-27,38H,1,17-18,23H2,2-15H3. The lowest BCUT2D eigenvalue weighted by atomic mass is 9.83. The Morgan fingerprint density at radius 1 is 0.727 bits per heavy atom. The van der Waals surface area contributed by atoms with E-state index in [0.717, 1.165) is 0 Å². The first-order chi connectivity index (χ1) is 20.2. The molecule has 0 saturated carbocycles. The van der Waals surface area contributed by atoms with Crippen molar-refractivity contribution in [1.29, 1.82) is 0 Å². The zero-order chi connectivity index (χ0) is 33.0. The highest BCUT2D eigenvalue weighted by Gasteiger charge is 2.50. The largest absolute Gasteiger partial charge is 0.490 e. The first-order valence-electron chi connectivity index (χ1n) is 16.9. The molecule has 0 fully saturated rings. The minimum Gasteiger partial charge on any atom is -0.490 e. The smallest absolute Gasteiger partial charge is 0.118 e. The van der Waals surface area contributed by atoms with E-state index in [2.05, 4.69) is 151 Å². The maximum Gasteiger partial charge on any atom is 0.118 e. The topological polar surface area (TPSA) is 9.23 Å². The molecule has 1 aliphatic rings. The van der Waals surface area contributed by atoms with Crippen LogP contribution in [0.4, 0.5) is 0 Å². The van der Waals surface area contributed by atoms with E-state index < -0.39 is 16.1 Å². The SMILES string of the molecule is C=CCOc1c([Si](CC)(CC)C2c3ccc(C(C)(C)C)cc3-c3cc(C(C)(C)C)ccc32)cc(C)cc1[Si](C)(C)C(C)(C)C. The Bertz CT molecular complexity index is 1470. The predicted molar refractivity (Wildman–Crippen MR) is 201 cm³/mol. The quantitative estimate of drug-likeness (QED) is 0.179. The van der Waals surface area contributed by atoms with Crippen molar-refractivity contribution in [2.24, 2.45) is 0 Å². The lowest BCUT2D eigenvalue weighted by Gasteiger charge is -2.43. The summed E-state index contributed by atoms with van der Waals surface area (Å²) >= 11 is 0. The molecule has 0 saturated heterocycles. The molecule has 44 heavy (non-hydrogen) atoms. The number of ether oxygens (including phenoxy) is 1. The summed E-state index contributed by atoms with van der Waals surface area (Å²) in [6, 6.07) is 22.2. The fourth-order valence-electron chi connectivity index (χ4n) is 7.28. The third-order valence-corrected chi connectivity index (χ3v) is 22.4. The average Bonchev–Trinajstić information content (AvgIpc) is 3.25. The average molecular weight is 625 g/mol. The molecule has 1 nitrogen and oxygen atoms in total. The van der Waals surface area contributed by atoms with Crippen molar-refractivity contribution < 1.29 is 4.74 Å². The molecule has 0 aromatic heterocycles. The zero-order valence-corrected chi connectivity index (χ0v) is 32.5. The van der Waals surface area contributed by atoms with E-state index in [0.29, 0.717) is 12.1 Å². The van der Waals surface area contributed by atoms with Gasteiger partial charge in [0.1, 0.15) is 20.4 Å². The van der Waals surface area contributed by atoms with Gasteiger partial charge in [0.2, 0.25) is 0 Å². The van der Waals surface area contributed by atoms with Crippen LogP contribution in [0.1, 0.15) is 110 Å². The Kier molecular flexibility index (Phi) is 9.23. The highest BCUT2D eigenvalue weighted by atomic mass is 28.3. The van der Waals surface area contributed by atoms with Crippen molar-refractivity contribution >= 4 is 26.5 Å². The van der Waals surface area contributed by atoms with Crippen molar-refractivity contribution in [2.75, 3.05) is 6.61 Å². The van der Waals surface area contributed by atoms with Gasteiger partial charge in [0.15, 0.2) is 0 Å². The van der Waals surface area contributed by atoms with Crippen LogP contribution >= 0.6 is 0 Å². The van der Waals surface area contributed by atoms with Gasteiger partial charge in [-0.1, -0.05) is 168 Å². The summed E-state index contributed by atoms with van der Waals surface area (Å²) in [6.45, 7) is 38.2. The number of hydrogen-bond donors (Lipinski definition) is 0. The van der Waals surface area contributed by atoms with Crippen LogP contribution in [-0.2, 0) is 10.8 Å². The summed E-state index contributed by atoms with van der Waals surface area (Å²) in [4.78, 5) is 0. The predicted octanol–water partition coefficient (Wildman–Crippen LogP) is 10.9. The highest BCUT2D eigenvalue weighted by Crippen LogP contribution is 2.53. The van der Waals surface area contributed by atoms with Gasteiger partial charge in [-0.05, 0) is 66.5 Å². The molecule has 0 amide bonds. The summed E-state index contributed by atoms with van der Waals surface area (Å²) in [5.74, 6) is 1.19. The molecule has 3 aromatic rings. The molecule has 0 unspecified atom stereocenters. The van der Waals surface area contributed by atoms with Gasteiger partial charge in [0, 0.05) is 5.54 Å². The number of fused-ring (bicyclic) bond motifs is 3. The Morgan fingerprint density at radius 2 is 1.18 bits per heavy atom. The van der Waals surface area contributed by atoms with E-state index in [1.807, 2.05) is 6.08 Å². The molecule has 1 aliphatic carbocycles. The molecule has 0 atom stereocenters. The van der Waals surface area contributed by atoms with Crippen molar-refractivity contribution in [1.82, 2.24) is 0 Å². The minimum atomic E-state index is -2.25. The van der Waals surface area contributed by atoms with Gasteiger partial charge < -0.3 is 4.74 Å². The van der Waals surface area contributed by atoms with E-state index >= 15 is 0 Å². The molecule has 3 heteroatoms. The van der Waals surface area contributed by atoms with Crippen LogP contribution in [0.25, 0.3) is 11.1 Å². The van der Waals surface area contributed by atoms with E-state index in [9.17, 15) is 0 Å². The zero-order valence-electron chi connectivity index (χ0n) is 30.5. The fourth-order valence-corrected chi connectivity index (χ4v) is 14.8. The minimum absolute atomic E-state index is 0.0965. The van der Waals surface area contributed by atoms with Crippen LogP contribution in [0.15, 0.2) is 61.2 Å². The number of aryl methyl sites for hydroxylation is 1. The van der Waals surface area contributed by atoms with Crippen molar-refractivity contribution in [3.8, 4) is 16.9 Å². The third kappa shape index (κ3) is 5.84. The van der Waals surface area contributed by atoms with Gasteiger partial charge in [0.25, 0.3) is 0 Å². The summed E-state index contributed by atoms with van der Waals surface area (Å²) in [6.07, 6.45) is 1.92. The van der Waals surface area contributed by atoms with E-state index in [1.165, 1.54) is 67.2 Å². The third-order valence-electron chi connectivity index (χ3n) is 11.2. The van der Waals surface area contributed by atoms with E-state index in [1.54, 1.807) is 0 Å². The second-order valence-electron chi connectivity index (χ2n) is 17.1. The second-order valence-corrected chi connectivity index (χ2v) is 27.2. The maximum absolute atomic E-state index is 6.88. The molecule has 3 aromatic carbocycles. The lowest BCUT2D eigenvalue weighted by Crippen LogP contribution is -2.57. The van der Waals surface area contributed by atoms with Crippen LogP contribution in [0.3, 0.4) is 0 Å². The van der Waals surface area contributed by atoms with Gasteiger partial charge in [0.05, 0.1) is 8.07 Å². The molecule has 238 valence electrons. The van der Waals surface area contributed by atoms with Crippen molar-refractivity contribution in [2.45, 2.75) is 130 Å². The van der Waals surface area contributed by atoms with Crippen LogP contribution in [0, 0.1) is 6.92 Å². The molecule has 0 aliphatic heterocycles. The van der Waals surface area contributed by atoms with Crippen LogP contribution in [-0.4, -0.2) is 22.8 Å². The van der Waals surface area contributed by atoms with Crippen LogP contribution in [0.5, 0.6) is 5.75 Å². The molecule has 0 radical (unpaired) electrons. The lowest BCUT2D eigenvalue weighted by molar-refractivity contribution is 0.368. The second kappa shape index (κ2) is 11.8. The Labute approximate surface area is 272 Å². The van der Waals surface area contributed by atoms with Gasteiger partial charge in [-0.15, -0.1) is 0 Å². The molecule has 0 bridgehead atoms. The summed E-state index contributed by atoms with van der Waals surface area (Å²) < 4.78 is 6.88. The number of rotatable bonds is 8. The molecular weight excluding hydrogens is 565 g/mol. The molecule has 4 rings (SSSR count). The molecule has 0 N–H and O–H groups in total. The monoisotopic (exact) mass is 624 g/mol. The highest BCUT2D eigenvalue weighted by molar-refractivity contribution is 6.96. The van der Waals surface area contributed by atoms with Crippen LogP contribution in [0.2, 0.25) is 30.2 Å². The normalized spacial score (nSPS) is 14.4. The number of benzene rings is 3. The molecular formula is C41H60OSi2. The first kappa shape index (κ1) is 34.5. The summed E-state index contributed by atoms with van der Waals surface area (Å²) in [5.41, 5.74) is 10.7. The Morgan fingerprint density at radius 3 is 1.57 bits per heavy atom. The van der Waals surface area contributed by atoms with Gasteiger partial charge in [-0.2, -0.15) is 0 Å². The van der Waals surface area contributed by atoms with Crippen molar-refractivity contribution in [3.05, 3.63) is 89.0 Å². The maximum atomic E-state index is 6.88. The Balaban J connectivity index is 2.13. The van der Waals surface area contributed by atoms with E-state index in [4.69, 9.17) is 4.74 Å². The first-order valence-corrected chi connectivity index (χ1v) is 22.4. The Hall–Kier alpha value is -2.37. The number of hydrogen-bond acceptors (Lipinski definition) is 1. The van der Waals surface area contributed by atoms with E-state index in [-0.39, 0.29) is 15.9 Å². The fraction of sp³-hybridized carbons (Fsp3) is 0.512. The molecule has 0 spiro atoms. The van der Waals surface area contributed by atoms with Gasteiger partial charge in [-0.25, -0.2) is 0 Å². The van der Waals surface area contributed by atoms with Gasteiger partial charge in [-0.3, -0.25) is 0 Å². The summed E-state index contributed by atoms with van der Waals surface area (Å²) in [7, 11) is -4.17. The summed E-state index contributed by atoms with van der Waals surface area (Å²) in [5, 5.41) is 3.20. The molecule has 0 heterocycles.